The van der Waals surface area contributed by atoms with Crippen LogP contribution < -0.4 is 5.73 Å². The van der Waals surface area contributed by atoms with Gasteiger partial charge in [0.15, 0.2) is 0 Å². The van der Waals surface area contributed by atoms with Crippen molar-refractivity contribution < 1.29 is 4.42 Å². The van der Waals surface area contributed by atoms with Gasteiger partial charge in [-0.15, -0.1) is 0 Å². The average Bonchev–Trinajstić information content (AvgIpc) is 2.14. The van der Waals surface area contributed by atoms with E-state index in [9.17, 15) is 0 Å². The van der Waals surface area contributed by atoms with E-state index < -0.39 is 0 Å². The van der Waals surface area contributed by atoms with Crippen molar-refractivity contribution in [1.82, 2.24) is 4.98 Å². The average molecular weight is 177 g/mol. The van der Waals surface area contributed by atoms with Crippen LogP contribution in [0.2, 0.25) is 0 Å². The first-order valence-corrected chi connectivity index (χ1v) is 2.92. The monoisotopic (exact) mass is 176 g/mol. The van der Waals surface area contributed by atoms with Crippen molar-refractivity contribution in [1.29, 1.82) is 0 Å². The molecule has 1 aromatic heterocycles. The lowest BCUT2D eigenvalue weighted by Crippen LogP contribution is -1.92. The van der Waals surface area contributed by atoms with Crippen molar-refractivity contribution in [2.75, 3.05) is 0 Å². The molecule has 0 saturated carbocycles. The highest BCUT2D eigenvalue weighted by Crippen LogP contribution is 2.07. The molecule has 0 saturated heterocycles. The molecule has 1 heterocycles. The van der Waals surface area contributed by atoms with Crippen LogP contribution in [0.25, 0.3) is 0 Å². The van der Waals surface area contributed by atoms with E-state index in [2.05, 4.69) is 20.9 Å². The summed E-state index contributed by atoms with van der Waals surface area (Å²) in [5.74, 6) is 0.692. The van der Waals surface area contributed by atoms with Crippen molar-refractivity contribution in [3.05, 3.63) is 16.8 Å². The minimum Gasteiger partial charge on any atom is -0.435 e. The molecular formula is C4H5BrN2O. The molecule has 0 amide bonds. The largest absolute Gasteiger partial charge is 0.435 e. The molecule has 0 unspecified atom stereocenters. The summed E-state index contributed by atoms with van der Waals surface area (Å²) >= 11 is 3.04. The summed E-state index contributed by atoms with van der Waals surface area (Å²) in [5, 5.41) is 0. The first-order valence-electron chi connectivity index (χ1n) is 2.13. The lowest BCUT2D eigenvalue weighted by molar-refractivity contribution is 0.482. The van der Waals surface area contributed by atoms with Crippen LogP contribution in [0, 0.1) is 0 Å². The molecule has 0 aliphatic carbocycles. The van der Waals surface area contributed by atoms with Crippen LogP contribution >= 0.6 is 15.9 Å². The Kier molecular flexibility index (Phi) is 1.65. The summed E-state index contributed by atoms with van der Waals surface area (Å²) in [5.41, 5.74) is 5.21. The zero-order valence-electron chi connectivity index (χ0n) is 4.10. The second kappa shape index (κ2) is 2.28. The molecule has 8 heavy (non-hydrogen) atoms. The van der Waals surface area contributed by atoms with Gasteiger partial charge in [0, 0.05) is 15.9 Å². The third-order valence-electron chi connectivity index (χ3n) is 0.727. The van der Waals surface area contributed by atoms with Crippen LogP contribution in [0.15, 0.2) is 15.4 Å². The number of halogens is 1. The maximum Gasteiger partial charge on any atom is 0.264 e. The predicted octanol–water partition coefficient (Wildman–Crippen LogP) is 0.896. The highest BCUT2D eigenvalue weighted by atomic mass is 79.9. The van der Waals surface area contributed by atoms with Crippen LogP contribution in [0.3, 0.4) is 0 Å². The van der Waals surface area contributed by atoms with E-state index in [0.29, 0.717) is 17.1 Å². The molecule has 1 rings (SSSR count). The van der Waals surface area contributed by atoms with E-state index >= 15 is 0 Å². The fourth-order valence-electron chi connectivity index (χ4n) is 0.378. The highest BCUT2D eigenvalue weighted by Gasteiger charge is 1.94. The minimum atomic E-state index is 0.401. The predicted molar refractivity (Wildman–Crippen MR) is 32.1 cm³/mol. The van der Waals surface area contributed by atoms with E-state index in [-0.39, 0.29) is 0 Å². The third kappa shape index (κ3) is 1.08. The van der Waals surface area contributed by atoms with Gasteiger partial charge < -0.3 is 10.2 Å². The first-order chi connectivity index (χ1) is 3.83. The number of oxazole rings is 1. The Morgan fingerprint density at radius 3 is 2.88 bits per heavy atom. The fourth-order valence-corrected chi connectivity index (χ4v) is 0.688. The smallest absolute Gasteiger partial charge is 0.264 e. The second-order valence-corrected chi connectivity index (χ2v) is 1.96. The van der Waals surface area contributed by atoms with Crippen molar-refractivity contribution in [2.45, 2.75) is 6.54 Å². The van der Waals surface area contributed by atoms with Gasteiger partial charge in [0.1, 0.15) is 5.76 Å². The Balaban J connectivity index is 2.84. The minimum absolute atomic E-state index is 0.401. The molecule has 0 radical (unpaired) electrons. The number of aromatic nitrogens is 1. The van der Waals surface area contributed by atoms with Gasteiger partial charge in [0.25, 0.3) is 4.80 Å². The SMILES string of the molecule is NCc1cnc(Br)o1. The molecule has 0 atom stereocenters. The number of hydrogen-bond donors (Lipinski definition) is 1. The van der Waals surface area contributed by atoms with Crippen molar-refractivity contribution in [2.24, 2.45) is 5.73 Å². The topological polar surface area (TPSA) is 52.0 Å². The lowest BCUT2D eigenvalue weighted by Gasteiger charge is -1.80. The summed E-state index contributed by atoms with van der Waals surface area (Å²) in [6.45, 7) is 0.401. The second-order valence-electron chi connectivity index (χ2n) is 1.28. The standard InChI is InChI=1S/C4H5BrN2O/c5-4-7-2-3(1-6)8-4/h2H,1,6H2. The number of nitrogens with zero attached hydrogens (tertiary/aromatic N) is 1. The van der Waals surface area contributed by atoms with Gasteiger partial charge in [0.05, 0.1) is 12.7 Å². The van der Waals surface area contributed by atoms with Crippen LogP contribution in [-0.2, 0) is 6.54 Å². The third-order valence-corrected chi connectivity index (χ3v) is 1.09. The highest BCUT2D eigenvalue weighted by molar-refractivity contribution is 9.10. The molecule has 0 fully saturated rings. The summed E-state index contributed by atoms with van der Waals surface area (Å²) in [6, 6.07) is 0. The van der Waals surface area contributed by atoms with Gasteiger partial charge in [-0.3, -0.25) is 0 Å². The van der Waals surface area contributed by atoms with E-state index in [0.717, 1.165) is 0 Å². The van der Waals surface area contributed by atoms with Gasteiger partial charge in [-0.05, 0) is 0 Å². The summed E-state index contributed by atoms with van der Waals surface area (Å²) in [6.07, 6.45) is 1.59. The number of nitrogens with two attached hydrogens (primary N) is 1. The van der Waals surface area contributed by atoms with E-state index in [1.165, 1.54) is 0 Å². The van der Waals surface area contributed by atoms with Crippen LogP contribution in [0.4, 0.5) is 0 Å². The van der Waals surface area contributed by atoms with Gasteiger partial charge in [-0.1, -0.05) is 0 Å². The van der Waals surface area contributed by atoms with Gasteiger partial charge in [-0.25, -0.2) is 4.98 Å². The molecule has 2 N–H and O–H groups in total. The Hall–Kier alpha value is -0.350. The molecule has 4 heteroatoms. The zero-order chi connectivity index (χ0) is 5.98. The van der Waals surface area contributed by atoms with E-state index in [4.69, 9.17) is 10.2 Å². The van der Waals surface area contributed by atoms with E-state index in [1.54, 1.807) is 6.20 Å². The van der Waals surface area contributed by atoms with Gasteiger partial charge >= 0.3 is 0 Å². The maximum atomic E-state index is 5.21. The van der Waals surface area contributed by atoms with Crippen molar-refractivity contribution >= 4 is 15.9 Å². The molecule has 3 nitrogen and oxygen atoms in total. The van der Waals surface area contributed by atoms with Crippen LogP contribution in [-0.4, -0.2) is 4.98 Å². The fraction of sp³-hybridized carbons (Fsp3) is 0.250. The number of hydrogen-bond acceptors (Lipinski definition) is 3. The molecule has 44 valence electrons. The van der Waals surface area contributed by atoms with E-state index in [1.807, 2.05) is 0 Å². The van der Waals surface area contributed by atoms with Crippen LogP contribution in [0.1, 0.15) is 5.76 Å². The summed E-state index contributed by atoms with van der Waals surface area (Å²) in [4.78, 5) is 4.24. The quantitative estimate of drug-likeness (QED) is 0.693. The first kappa shape index (κ1) is 5.78. The van der Waals surface area contributed by atoms with Gasteiger partial charge in [-0.2, -0.15) is 0 Å². The molecule has 0 aromatic carbocycles. The maximum absolute atomic E-state index is 5.21. The molecule has 0 aliphatic heterocycles. The molecule has 0 aliphatic rings. The number of rotatable bonds is 1. The van der Waals surface area contributed by atoms with Crippen LogP contribution in [0.5, 0.6) is 0 Å². The Morgan fingerprint density at radius 2 is 2.62 bits per heavy atom. The Labute approximate surface area is 55.0 Å². The molecular weight excluding hydrogens is 172 g/mol. The summed E-state index contributed by atoms with van der Waals surface area (Å²) < 4.78 is 4.91. The zero-order valence-corrected chi connectivity index (χ0v) is 5.68. The Bertz CT molecular complexity index is 174. The molecule has 1 aromatic rings. The van der Waals surface area contributed by atoms with Crippen molar-refractivity contribution in [3.63, 3.8) is 0 Å². The molecule has 0 spiro atoms. The van der Waals surface area contributed by atoms with Crippen molar-refractivity contribution in [3.8, 4) is 0 Å². The van der Waals surface area contributed by atoms with Gasteiger partial charge in [0.2, 0.25) is 0 Å². The normalized spacial score (nSPS) is 9.75. The Morgan fingerprint density at radius 1 is 1.88 bits per heavy atom. The lowest BCUT2D eigenvalue weighted by atomic mass is 10.5. The molecule has 0 bridgehead atoms. The summed E-state index contributed by atoms with van der Waals surface area (Å²) in [7, 11) is 0.